The van der Waals surface area contributed by atoms with Crippen molar-refractivity contribution < 1.29 is 14.3 Å². The van der Waals surface area contributed by atoms with Gasteiger partial charge in [-0.1, -0.05) is 13.8 Å². The Morgan fingerprint density at radius 1 is 1.24 bits per heavy atom. The molecule has 4 aliphatic rings. The lowest BCUT2D eigenvalue weighted by Crippen LogP contribution is -2.58. The fourth-order valence-electron chi connectivity index (χ4n) is 5.38. The van der Waals surface area contributed by atoms with Gasteiger partial charge in [0.1, 0.15) is 18.5 Å². The Kier molecular flexibility index (Phi) is 6.32. The molecule has 3 heterocycles. The highest BCUT2D eigenvalue weighted by atomic mass is 16.5. The van der Waals surface area contributed by atoms with E-state index in [1.54, 1.807) is 0 Å². The minimum atomic E-state index is -0.288. The van der Waals surface area contributed by atoms with Crippen LogP contribution in [-0.4, -0.2) is 60.3 Å². The fraction of sp³-hybridized carbons (Fsp3) is 0.741. The maximum Gasteiger partial charge on any atom is 0.248 e. The molecular formula is C27H38N4O3. The van der Waals surface area contributed by atoms with Gasteiger partial charge in [-0.3, -0.25) is 4.79 Å². The van der Waals surface area contributed by atoms with E-state index in [1.807, 2.05) is 4.90 Å². The van der Waals surface area contributed by atoms with Crippen LogP contribution in [0.1, 0.15) is 81.7 Å². The van der Waals surface area contributed by atoms with Crippen molar-refractivity contribution in [1.82, 2.24) is 9.88 Å². The molecule has 7 nitrogen and oxygen atoms in total. The maximum absolute atomic E-state index is 13.0. The van der Waals surface area contributed by atoms with Gasteiger partial charge in [-0.25, -0.2) is 4.98 Å². The normalized spacial score (nSPS) is 24.2. The number of hydrogen-bond donors (Lipinski definition) is 0. The van der Waals surface area contributed by atoms with Crippen molar-refractivity contribution in [2.45, 2.75) is 84.0 Å². The van der Waals surface area contributed by atoms with Gasteiger partial charge in [0, 0.05) is 37.5 Å². The third-order valence-corrected chi connectivity index (χ3v) is 7.79. The highest BCUT2D eigenvalue weighted by Crippen LogP contribution is 2.46. The Labute approximate surface area is 203 Å². The average molecular weight is 467 g/mol. The molecule has 3 fully saturated rings. The molecule has 1 aromatic heterocycles. The van der Waals surface area contributed by atoms with Gasteiger partial charge < -0.3 is 19.3 Å². The van der Waals surface area contributed by atoms with Gasteiger partial charge in [0.15, 0.2) is 0 Å². The van der Waals surface area contributed by atoms with Crippen LogP contribution in [0.25, 0.3) is 0 Å². The number of anilines is 1. The van der Waals surface area contributed by atoms with Gasteiger partial charge in [0.2, 0.25) is 5.91 Å². The smallest absolute Gasteiger partial charge is 0.248 e. The summed E-state index contributed by atoms with van der Waals surface area (Å²) in [6.07, 6.45) is 5.49. The number of pyridine rings is 1. The lowest BCUT2D eigenvalue weighted by molar-refractivity contribution is -0.140. The first-order valence-corrected chi connectivity index (χ1v) is 13.0. The number of nitrogens with zero attached hydrogens (tertiary/aromatic N) is 4. The van der Waals surface area contributed by atoms with Crippen molar-refractivity contribution in [2.75, 3.05) is 37.7 Å². The SMILES string of the molecule is CC(C)[C@@H]1CN(c2nc(C3CC3)c3c(c2C#N)CC(C)(C)OC3)CCN1C(=O)COCC1CC1. The van der Waals surface area contributed by atoms with E-state index in [1.165, 1.54) is 12.8 Å². The summed E-state index contributed by atoms with van der Waals surface area (Å²) in [6, 6.07) is 2.58. The van der Waals surface area contributed by atoms with Gasteiger partial charge in [0.05, 0.1) is 36.1 Å². The van der Waals surface area contributed by atoms with E-state index in [-0.39, 0.29) is 24.2 Å². The lowest BCUT2D eigenvalue weighted by atomic mass is 9.87. The summed E-state index contributed by atoms with van der Waals surface area (Å²) >= 11 is 0. The molecule has 0 N–H and O–H groups in total. The van der Waals surface area contributed by atoms with Crippen LogP contribution in [0.4, 0.5) is 5.82 Å². The molecule has 0 radical (unpaired) electrons. The number of rotatable bonds is 7. The van der Waals surface area contributed by atoms with Crippen molar-refractivity contribution in [3.05, 3.63) is 22.4 Å². The van der Waals surface area contributed by atoms with E-state index in [9.17, 15) is 10.1 Å². The number of hydrogen-bond acceptors (Lipinski definition) is 6. The number of carbonyl (C=O) groups is 1. The molecule has 0 spiro atoms. The van der Waals surface area contributed by atoms with Crippen molar-refractivity contribution >= 4 is 11.7 Å². The van der Waals surface area contributed by atoms with Crippen LogP contribution in [0.3, 0.4) is 0 Å². The van der Waals surface area contributed by atoms with Crippen molar-refractivity contribution in [2.24, 2.45) is 11.8 Å². The van der Waals surface area contributed by atoms with Crippen molar-refractivity contribution in [1.29, 1.82) is 5.26 Å². The van der Waals surface area contributed by atoms with Crippen LogP contribution in [-0.2, 0) is 27.3 Å². The van der Waals surface area contributed by atoms with Crippen molar-refractivity contribution in [3.63, 3.8) is 0 Å². The second kappa shape index (κ2) is 9.13. The summed E-state index contributed by atoms with van der Waals surface area (Å²) in [5.41, 5.74) is 3.81. The molecule has 0 bridgehead atoms. The van der Waals surface area contributed by atoms with E-state index in [4.69, 9.17) is 14.5 Å². The van der Waals surface area contributed by atoms with Gasteiger partial charge in [-0.05, 0) is 56.9 Å². The molecule has 2 aliphatic carbocycles. The van der Waals surface area contributed by atoms with Crippen LogP contribution < -0.4 is 4.90 Å². The first-order chi connectivity index (χ1) is 16.3. The zero-order chi connectivity index (χ0) is 24.0. The first-order valence-electron chi connectivity index (χ1n) is 13.0. The minimum Gasteiger partial charge on any atom is -0.371 e. The van der Waals surface area contributed by atoms with Gasteiger partial charge in [-0.2, -0.15) is 5.26 Å². The molecule has 1 saturated heterocycles. The predicted octanol–water partition coefficient (Wildman–Crippen LogP) is 3.78. The molecule has 2 saturated carbocycles. The molecule has 34 heavy (non-hydrogen) atoms. The number of nitriles is 1. The third-order valence-electron chi connectivity index (χ3n) is 7.79. The molecule has 0 aromatic carbocycles. The molecule has 1 aromatic rings. The van der Waals surface area contributed by atoms with E-state index in [0.717, 1.165) is 41.9 Å². The first kappa shape index (κ1) is 23.6. The minimum absolute atomic E-state index is 0.0688. The van der Waals surface area contributed by atoms with Crippen LogP contribution in [0.5, 0.6) is 0 Å². The third kappa shape index (κ3) is 4.81. The van der Waals surface area contributed by atoms with Gasteiger partial charge in [-0.15, -0.1) is 0 Å². The number of carbonyl (C=O) groups excluding carboxylic acids is 1. The Balaban J connectivity index is 1.41. The Bertz CT molecular complexity index is 991. The largest absolute Gasteiger partial charge is 0.371 e. The second-order valence-corrected chi connectivity index (χ2v) is 11.6. The van der Waals surface area contributed by atoms with E-state index < -0.39 is 0 Å². The topological polar surface area (TPSA) is 78.7 Å². The van der Waals surface area contributed by atoms with Crippen LogP contribution in [0.2, 0.25) is 0 Å². The summed E-state index contributed by atoms with van der Waals surface area (Å²) in [6.45, 7) is 11.9. The Hall–Kier alpha value is -2.17. The number of amides is 1. The molecular weight excluding hydrogens is 428 g/mol. The zero-order valence-electron chi connectivity index (χ0n) is 21.1. The monoisotopic (exact) mass is 466 g/mol. The molecule has 2 aliphatic heterocycles. The average Bonchev–Trinajstić information content (AvgIpc) is 3.71. The Morgan fingerprint density at radius 2 is 2.00 bits per heavy atom. The van der Waals surface area contributed by atoms with Gasteiger partial charge in [0.25, 0.3) is 0 Å². The summed E-state index contributed by atoms with van der Waals surface area (Å²) in [4.78, 5) is 22.4. The number of piperazine rings is 1. The van der Waals surface area contributed by atoms with E-state index in [0.29, 0.717) is 56.2 Å². The summed E-state index contributed by atoms with van der Waals surface area (Å²) in [5, 5.41) is 10.2. The molecule has 184 valence electrons. The fourth-order valence-corrected chi connectivity index (χ4v) is 5.38. The molecule has 1 amide bonds. The van der Waals surface area contributed by atoms with Gasteiger partial charge >= 0.3 is 0 Å². The van der Waals surface area contributed by atoms with Crippen molar-refractivity contribution in [3.8, 4) is 6.07 Å². The number of fused-ring (bicyclic) bond motifs is 1. The van der Waals surface area contributed by atoms with Crippen LogP contribution in [0.15, 0.2) is 0 Å². The standard InChI is InChI=1S/C27H38N4O3/c1-17(2)23-13-30(9-10-31(23)24(32)16-33-14-18-5-6-18)26-21(12-28)20-11-27(3,4)34-15-22(20)25(29-26)19-7-8-19/h17-19,23H,5-11,13-16H2,1-4H3/t23-/m0/s1. The highest BCUT2D eigenvalue weighted by molar-refractivity contribution is 5.78. The Morgan fingerprint density at radius 3 is 2.65 bits per heavy atom. The quantitative estimate of drug-likeness (QED) is 0.609. The second-order valence-electron chi connectivity index (χ2n) is 11.6. The van der Waals surface area contributed by atoms with E-state index >= 15 is 0 Å². The summed E-state index contributed by atoms with van der Waals surface area (Å²) in [7, 11) is 0. The number of ether oxygens (including phenoxy) is 2. The summed E-state index contributed by atoms with van der Waals surface area (Å²) in [5.74, 6) is 2.33. The zero-order valence-corrected chi connectivity index (χ0v) is 21.1. The van der Waals surface area contributed by atoms with Crippen LogP contribution in [0, 0.1) is 23.2 Å². The molecule has 5 rings (SSSR count). The predicted molar refractivity (Wildman–Crippen MR) is 130 cm³/mol. The van der Waals surface area contributed by atoms with Crippen LogP contribution >= 0.6 is 0 Å². The van der Waals surface area contributed by atoms with E-state index in [2.05, 4.69) is 38.7 Å². The maximum atomic E-state index is 13.0. The lowest BCUT2D eigenvalue weighted by Gasteiger charge is -2.44. The summed E-state index contributed by atoms with van der Waals surface area (Å²) < 4.78 is 11.8. The molecule has 1 atom stereocenters. The highest BCUT2D eigenvalue weighted by Gasteiger charge is 2.39. The molecule has 0 unspecified atom stereocenters. The number of aromatic nitrogens is 1. The molecule has 7 heteroatoms.